The number of aromatic nitrogens is 1. The Morgan fingerprint density at radius 1 is 1.61 bits per heavy atom. The highest BCUT2D eigenvalue weighted by Crippen LogP contribution is 2.30. The van der Waals surface area contributed by atoms with Gasteiger partial charge >= 0.3 is 0 Å². The minimum atomic E-state index is 0.369. The molecule has 3 nitrogen and oxygen atoms in total. The summed E-state index contributed by atoms with van der Waals surface area (Å²) in [5.74, 6) is 0. The van der Waals surface area contributed by atoms with Crippen LogP contribution in [0.3, 0.4) is 0 Å². The summed E-state index contributed by atoms with van der Waals surface area (Å²) < 4.78 is 0. The number of thiazole rings is 1. The number of aryl methyl sites for hydroxylation is 1. The lowest BCUT2D eigenvalue weighted by Gasteiger charge is -2.38. The molecule has 0 saturated carbocycles. The molecule has 0 bridgehead atoms. The lowest BCUT2D eigenvalue weighted by Crippen LogP contribution is -2.46. The lowest BCUT2D eigenvalue weighted by molar-refractivity contribution is 0.187. The standard InChI is InChI=1S/C14H25N3S/c1-4-14(6-5-7-15-9-14)10-16-12(3)13-17-11(2)8-18-13/h8,12,15-16H,4-7,9-10H2,1-3H3. The molecule has 102 valence electrons. The Morgan fingerprint density at radius 2 is 2.44 bits per heavy atom. The maximum Gasteiger partial charge on any atom is 0.110 e. The van der Waals surface area contributed by atoms with E-state index in [4.69, 9.17) is 0 Å². The van der Waals surface area contributed by atoms with Gasteiger partial charge in [-0.2, -0.15) is 0 Å². The van der Waals surface area contributed by atoms with Crippen LogP contribution in [0.4, 0.5) is 0 Å². The molecule has 1 aliphatic heterocycles. The van der Waals surface area contributed by atoms with Gasteiger partial charge in [0.05, 0.1) is 6.04 Å². The van der Waals surface area contributed by atoms with Gasteiger partial charge < -0.3 is 10.6 Å². The van der Waals surface area contributed by atoms with Crippen LogP contribution >= 0.6 is 11.3 Å². The molecule has 0 aliphatic carbocycles. The molecule has 1 aromatic rings. The number of rotatable bonds is 5. The summed E-state index contributed by atoms with van der Waals surface area (Å²) in [4.78, 5) is 4.56. The zero-order valence-corrected chi connectivity index (χ0v) is 12.6. The van der Waals surface area contributed by atoms with E-state index in [1.54, 1.807) is 11.3 Å². The molecular formula is C14H25N3S. The van der Waals surface area contributed by atoms with Crippen molar-refractivity contribution in [2.75, 3.05) is 19.6 Å². The van der Waals surface area contributed by atoms with E-state index < -0.39 is 0 Å². The van der Waals surface area contributed by atoms with E-state index in [1.807, 2.05) is 0 Å². The van der Waals surface area contributed by atoms with Gasteiger partial charge in [0, 0.05) is 24.2 Å². The van der Waals surface area contributed by atoms with Gasteiger partial charge in [-0.15, -0.1) is 11.3 Å². The summed E-state index contributed by atoms with van der Waals surface area (Å²) in [7, 11) is 0. The van der Waals surface area contributed by atoms with Crippen LogP contribution in [0.25, 0.3) is 0 Å². The fourth-order valence-corrected chi connectivity index (χ4v) is 3.46. The Morgan fingerprint density at radius 3 is 3.00 bits per heavy atom. The van der Waals surface area contributed by atoms with Crippen molar-refractivity contribution in [2.45, 2.75) is 46.1 Å². The number of nitrogens with one attached hydrogen (secondary N) is 2. The van der Waals surface area contributed by atoms with Crippen molar-refractivity contribution in [3.05, 3.63) is 16.1 Å². The first kappa shape index (κ1) is 14.0. The summed E-state index contributed by atoms with van der Waals surface area (Å²) in [6.45, 7) is 10.0. The highest BCUT2D eigenvalue weighted by Gasteiger charge is 2.30. The van der Waals surface area contributed by atoms with Crippen LogP contribution in [0, 0.1) is 12.3 Å². The molecule has 1 aromatic heterocycles. The quantitative estimate of drug-likeness (QED) is 0.861. The van der Waals surface area contributed by atoms with E-state index in [1.165, 1.54) is 30.8 Å². The van der Waals surface area contributed by atoms with Crippen LogP contribution in [0.15, 0.2) is 5.38 Å². The van der Waals surface area contributed by atoms with E-state index in [-0.39, 0.29) is 0 Å². The molecule has 4 heteroatoms. The van der Waals surface area contributed by atoms with Gasteiger partial charge in [0.25, 0.3) is 0 Å². The minimum Gasteiger partial charge on any atom is -0.316 e. The molecule has 2 N–H and O–H groups in total. The number of nitrogens with zero attached hydrogens (tertiary/aromatic N) is 1. The largest absolute Gasteiger partial charge is 0.316 e. The first-order chi connectivity index (χ1) is 8.65. The molecule has 0 amide bonds. The van der Waals surface area contributed by atoms with Crippen molar-refractivity contribution in [1.82, 2.24) is 15.6 Å². The van der Waals surface area contributed by atoms with Gasteiger partial charge in [-0.05, 0) is 45.1 Å². The van der Waals surface area contributed by atoms with E-state index in [2.05, 4.69) is 41.8 Å². The lowest BCUT2D eigenvalue weighted by atomic mass is 9.78. The average molecular weight is 267 g/mol. The minimum absolute atomic E-state index is 0.369. The second-order valence-corrected chi connectivity index (χ2v) is 6.45. The van der Waals surface area contributed by atoms with E-state index in [9.17, 15) is 0 Å². The average Bonchev–Trinajstić information content (AvgIpc) is 2.84. The Bertz CT molecular complexity index is 369. The summed E-state index contributed by atoms with van der Waals surface area (Å²) in [6, 6.07) is 0.369. The van der Waals surface area contributed by atoms with Crippen LogP contribution in [-0.4, -0.2) is 24.6 Å². The molecule has 0 spiro atoms. The Hall–Kier alpha value is -0.450. The Balaban J connectivity index is 1.89. The fourth-order valence-electron chi connectivity index (χ4n) is 2.64. The van der Waals surface area contributed by atoms with Crippen molar-refractivity contribution >= 4 is 11.3 Å². The second-order valence-electron chi connectivity index (χ2n) is 5.56. The third-order valence-corrected chi connectivity index (χ3v) is 5.25. The van der Waals surface area contributed by atoms with Gasteiger partial charge in [0.2, 0.25) is 0 Å². The van der Waals surface area contributed by atoms with Crippen LogP contribution in [-0.2, 0) is 0 Å². The van der Waals surface area contributed by atoms with Crippen LogP contribution in [0.5, 0.6) is 0 Å². The van der Waals surface area contributed by atoms with Gasteiger partial charge in [0.1, 0.15) is 5.01 Å². The summed E-state index contributed by atoms with van der Waals surface area (Å²) >= 11 is 1.76. The molecule has 0 radical (unpaired) electrons. The number of hydrogen-bond acceptors (Lipinski definition) is 4. The normalized spacial score (nSPS) is 26.2. The number of hydrogen-bond donors (Lipinski definition) is 2. The molecular weight excluding hydrogens is 242 g/mol. The predicted octanol–water partition coefficient (Wildman–Crippen LogP) is 2.88. The van der Waals surface area contributed by atoms with Crippen molar-refractivity contribution < 1.29 is 0 Å². The zero-order valence-electron chi connectivity index (χ0n) is 11.8. The van der Waals surface area contributed by atoms with E-state index >= 15 is 0 Å². The smallest absolute Gasteiger partial charge is 0.110 e. The number of piperidine rings is 1. The third kappa shape index (κ3) is 3.31. The molecule has 2 rings (SSSR count). The van der Waals surface area contributed by atoms with Gasteiger partial charge in [0.15, 0.2) is 0 Å². The van der Waals surface area contributed by atoms with E-state index in [0.29, 0.717) is 11.5 Å². The molecule has 0 aromatic carbocycles. The maximum atomic E-state index is 4.56. The molecule has 18 heavy (non-hydrogen) atoms. The highest BCUT2D eigenvalue weighted by atomic mass is 32.1. The third-order valence-electron chi connectivity index (χ3n) is 4.10. The van der Waals surface area contributed by atoms with Crippen molar-refractivity contribution in [2.24, 2.45) is 5.41 Å². The predicted molar refractivity (Wildman–Crippen MR) is 78.1 cm³/mol. The zero-order chi connectivity index (χ0) is 13.0. The van der Waals surface area contributed by atoms with Crippen molar-refractivity contribution in [3.8, 4) is 0 Å². The SMILES string of the molecule is CCC1(CNC(C)c2nc(C)cs2)CCCNC1. The van der Waals surface area contributed by atoms with Gasteiger partial charge in [-0.3, -0.25) is 0 Å². The summed E-state index contributed by atoms with van der Waals surface area (Å²) in [5, 5.41) is 10.6. The first-order valence-electron chi connectivity index (χ1n) is 7.01. The Labute approximate surface area is 114 Å². The monoisotopic (exact) mass is 267 g/mol. The molecule has 2 atom stereocenters. The molecule has 1 saturated heterocycles. The Kier molecular flexibility index (Phi) is 4.76. The topological polar surface area (TPSA) is 37.0 Å². The van der Waals surface area contributed by atoms with Crippen LogP contribution in [0.1, 0.15) is 49.9 Å². The fraction of sp³-hybridized carbons (Fsp3) is 0.786. The molecule has 1 fully saturated rings. The van der Waals surface area contributed by atoms with Crippen LogP contribution < -0.4 is 10.6 Å². The summed E-state index contributed by atoms with van der Waals surface area (Å²) in [6.07, 6.45) is 3.89. The van der Waals surface area contributed by atoms with Gasteiger partial charge in [-0.1, -0.05) is 6.92 Å². The maximum absolute atomic E-state index is 4.56. The molecule has 1 aliphatic rings. The van der Waals surface area contributed by atoms with Crippen molar-refractivity contribution in [3.63, 3.8) is 0 Å². The van der Waals surface area contributed by atoms with Crippen LogP contribution in [0.2, 0.25) is 0 Å². The van der Waals surface area contributed by atoms with Crippen molar-refractivity contribution in [1.29, 1.82) is 0 Å². The van der Waals surface area contributed by atoms with E-state index in [0.717, 1.165) is 18.8 Å². The molecule has 2 unspecified atom stereocenters. The molecule has 2 heterocycles. The first-order valence-corrected chi connectivity index (χ1v) is 7.89. The second kappa shape index (κ2) is 6.13. The summed E-state index contributed by atoms with van der Waals surface area (Å²) in [5.41, 5.74) is 1.58. The van der Waals surface area contributed by atoms with Gasteiger partial charge in [-0.25, -0.2) is 4.98 Å². The highest BCUT2D eigenvalue weighted by molar-refractivity contribution is 7.09.